The van der Waals surface area contributed by atoms with Crippen LogP contribution in [0.2, 0.25) is 5.02 Å². The number of anilines is 1. The Bertz CT molecular complexity index is 403. The lowest BCUT2D eigenvalue weighted by molar-refractivity contribution is 0.0240. The largest absolute Gasteiger partial charge is 0.398 e. The van der Waals surface area contributed by atoms with Crippen LogP contribution in [0.1, 0.15) is 25.3 Å². The van der Waals surface area contributed by atoms with Crippen molar-refractivity contribution < 1.29 is 4.74 Å². The summed E-state index contributed by atoms with van der Waals surface area (Å²) in [5.41, 5.74) is 7.85. The van der Waals surface area contributed by atoms with Crippen molar-refractivity contribution in [3.05, 3.63) is 28.8 Å². The van der Waals surface area contributed by atoms with Crippen LogP contribution in [0.5, 0.6) is 0 Å². The number of nitrogen functional groups attached to an aromatic ring is 1. The number of halogens is 1. The molecule has 3 nitrogen and oxygen atoms in total. The van der Waals surface area contributed by atoms with Crippen LogP contribution < -0.4 is 11.1 Å². The molecule has 2 rings (SSSR count). The first kappa shape index (κ1) is 13.7. The van der Waals surface area contributed by atoms with Gasteiger partial charge in [-0.25, -0.2) is 0 Å². The summed E-state index contributed by atoms with van der Waals surface area (Å²) >= 11 is 6.00. The third-order valence-corrected chi connectivity index (χ3v) is 3.97. The van der Waals surface area contributed by atoms with Gasteiger partial charge in [0.2, 0.25) is 0 Å². The van der Waals surface area contributed by atoms with E-state index in [9.17, 15) is 0 Å². The number of nitrogens with two attached hydrogens (primary N) is 1. The van der Waals surface area contributed by atoms with E-state index in [-0.39, 0.29) is 0 Å². The lowest BCUT2D eigenvalue weighted by atomic mass is 9.82. The number of benzene rings is 1. The number of ether oxygens (including phenoxy) is 1. The van der Waals surface area contributed by atoms with E-state index in [1.807, 2.05) is 18.2 Å². The lowest BCUT2D eigenvalue weighted by Gasteiger charge is -2.33. The van der Waals surface area contributed by atoms with Crippen LogP contribution >= 0.6 is 11.6 Å². The molecule has 0 spiro atoms. The normalized spacial score (nSPS) is 18.8. The molecular weight excluding hydrogens is 248 g/mol. The van der Waals surface area contributed by atoms with Gasteiger partial charge in [-0.3, -0.25) is 0 Å². The molecular formula is C14H21ClN2O. The smallest absolute Gasteiger partial charge is 0.0638 e. The van der Waals surface area contributed by atoms with Crippen LogP contribution in [0.4, 0.5) is 5.69 Å². The minimum atomic E-state index is 0.357. The first-order valence-electron chi connectivity index (χ1n) is 6.41. The van der Waals surface area contributed by atoms with Gasteiger partial charge in [0.05, 0.1) is 10.7 Å². The molecule has 0 saturated carbocycles. The second-order valence-corrected chi connectivity index (χ2v) is 5.79. The summed E-state index contributed by atoms with van der Waals surface area (Å²) in [4.78, 5) is 0. The average Bonchev–Trinajstić information content (AvgIpc) is 2.34. The van der Waals surface area contributed by atoms with E-state index in [4.69, 9.17) is 22.1 Å². The molecule has 0 aromatic heterocycles. The second kappa shape index (κ2) is 5.91. The van der Waals surface area contributed by atoms with E-state index >= 15 is 0 Å². The molecule has 1 fully saturated rings. The molecule has 1 aliphatic rings. The van der Waals surface area contributed by atoms with E-state index in [0.29, 0.717) is 16.1 Å². The summed E-state index contributed by atoms with van der Waals surface area (Å²) in [5.74, 6) is 0. The Kier molecular flexibility index (Phi) is 4.49. The fourth-order valence-corrected chi connectivity index (χ4v) is 2.43. The molecule has 3 N–H and O–H groups in total. The van der Waals surface area contributed by atoms with Gasteiger partial charge in [-0.05, 0) is 36.0 Å². The molecule has 1 saturated heterocycles. The number of hydrogen-bond donors (Lipinski definition) is 2. The maximum atomic E-state index is 6.00. The van der Waals surface area contributed by atoms with Crippen LogP contribution in [-0.4, -0.2) is 19.8 Å². The summed E-state index contributed by atoms with van der Waals surface area (Å²) < 4.78 is 5.40. The summed E-state index contributed by atoms with van der Waals surface area (Å²) in [7, 11) is 0. The zero-order valence-electron chi connectivity index (χ0n) is 10.8. The first-order chi connectivity index (χ1) is 8.59. The van der Waals surface area contributed by atoms with Crippen molar-refractivity contribution in [2.24, 2.45) is 5.41 Å². The fourth-order valence-electron chi connectivity index (χ4n) is 2.23. The van der Waals surface area contributed by atoms with Crippen LogP contribution in [0.15, 0.2) is 18.2 Å². The highest BCUT2D eigenvalue weighted by molar-refractivity contribution is 6.33. The first-order valence-corrected chi connectivity index (χ1v) is 6.79. The van der Waals surface area contributed by atoms with Crippen molar-refractivity contribution >= 4 is 17.3 Å². The van der Waals surface area contributed by atoms with Gasteiger partial charge in [0.1, 0.15) is 0 Å². The molecule has 1 aliphatic heterocycles. The van der Waals surface area contributed by atoms with Crippen LogP contribution in [-0.2, 0) is 11.3 Å². The van der Waals surface area contributed by atoms with Crippen molar-refractivity contribution in [2.75, 3.05) is 25.5 Å². The minimum absolute atomic E-state index is 0.357. The standard InChI is InChI=1S/C14H21ClN2O/c1-14(4-6-18-7-5-14)10-17-9-11-2-3-13(16)12(15)8-11/h2-3,8,17H,4-7,9-10,16H2,1H3. The Labute approximate surface area is 114 Å². The van der Waals surface area contributed by atoms with Gasteiger partial charge < -0.3 is 15.8 Å². The van der Waals surface area contributed by atoms with Crippen LogP contribution in [0.25, 0.3) is 0 Å². The van der Waals surface area contributed by atoms with Gasteiger partial charge in [0.25, 0.3) is 0 Å². The summed E-state index contributed by atoms with van der Waals surface area (Å²) in [5, 5.41) is 4.13. The Balaban J connectivity index is 1.82. The van der Waals surface area contributed by atoms with E-state index in [0.717, 1.165) is 39.1 Å². The number of rotatable bonds is 4. The highest BCUT2D eigenvalue weighted by Crippen LogP contribution is 2.28. The summed E-state index contributed by atoms with van der Waals surface area (Å²) in [6.45, 7) is 5.92. The number of hydrogen-bond acceptors (Lipinski definition) is 3. The third kappa shape index (κ3) is 3.61. The Morgan fingerprint density at radius 2 is 2.11 bits per heavy atom. The van der Waals surface area contributed by atoms with Gasteiger partial charge in [-0.15, -0.1) is 0 Å². The molecule has 0 amide bonds. The van der Waals surface area contributed by atoms with Crippen molar-refractivity contribution in [1.82, 2.24) is 5.32 Å². The van der Waals surface area contributed by atoms with Gasteiger partial charge in [-0.1, -0.05) is 24.6 Å². The molecule has 0 bridgehead atoms. The topological polar surface area (TPSA) is 47.3 Å². The van der Waals surface area contributed by atoms with E-state index in [1.54, 1.807) is 0 Å². The predicted octanol–water partition coefficient (Wildman–Crippen LogP) is 2.83. The molecule has 100 valence electrons. The molecule has 0 atom stereocenters. The van der Waals surface area contributed by atoms with Gasteiger partial charge >= 0.3 is 0 Å². The van der Waals surface area contributed by atoms with E-state index < -0.39 is 0 Å². The van der Waals surface area contributed by atoms with E-state index in [1.165, 1.54) is 5.56 Å². The third-order valence-electron chi connectivity index (χ3n) is 3.65. The molecule has 0 aliphatic carbocycles. The zero-order valence-corrected chi connectivity index (χ0v) is 11.6. The molecule has 0 radical (unpaired) electrons. The SMILES string of the molecule is CC1(CNCc2ccc(N)c(Cl)c2)CCOCC1. The molecule has 18 heavy (non-hydrogen) atoms. The molecule has 4 heteroatoms. The summed E-state index contributed by atoms with van der Waals surface area (Å²) in [6.07, 6.45) is 2.25. The van der Waals surface area contributed by atoms with Gasteiger partial charge in [0, 0.05) is 26.3 Å². The highest BCUT2D eigenvalue weighted by Gasteiger charge is 2.26. The zero-order chi connectivity index (χ0) is 13.0. The van der Waals surface area contributed by atoms with Crippen LogP contribution in [0, 0.1) is 5.41 Å². The molecule has 1 aromatic carbocycles. The maximum absolute atomic E-state index is 6.00. The monoisotopic (exact) mass is 268 g/mol. The van der Waals surface area contributed by atoms with E-state index in [2.05, 4.69) is 12.2 Å². The molecule has 1 heterocycles. The molecule has 0 unspecified atom stereocenters. The minimum Gasteiger partial charge on any atom is -0.398 e. The summed E-state index contributed by atoms with van der Waals surface area (Å²) in [6, 6.07) is 5.80. The van der Waals surface area contributed by atoms with Gasteiger partial charge in [-0.2, -0.15) is 0 Å². The Morgan fingerprint density at radius 1 is 1.39 bits per heavy atom. The predicted molar refractivity (Wildman–Crippen MR) is 75.7 cm³/mol. The fraction of sp³-hybridized carbons (Fsp3) is 0.571. The van der Waals surface area contributed by atoms with Crippen molar-refractivity contribution in [1.29, 1.82) is 0 Å². The van der Waals surface area contributed by atoms with Crippen molar-refractivity contribution in [2.45, 2.75) is 26.3 Å². The quantitative estimate of drug-likeness (QED) is 0.826. The Hall–Kier alpha value is -0.770. The van der Waals surface area contributed by atoms with Gasteiger partial charge in [0.15, 0.2) is 0 Å². The second-order valence-electron chi connectivity index (χ2n) is 5.38. The van der Waals surface area contributed by atoms with Crippen molar-refractivity contribution in [3.8, 4) is 0 Å². The van der Waals surface area contributed by atoms with Crippen molar-refractivity contribution in [3.63, 3.8) is 0 Å². The number of nitrogens with one attached hydrogen (secondary N) is 1. The van der Waals surface area contributed by atoms with Crippen LogP contribution in [0.3, 0.4) is 0 Å². The average molecular weight is 269 g/mol. The highest BCUT2D eigenvalue weighted by atomic mass is 35.5. The molecule has 1 aromatic rings. The Morgan fingerprint density at radius 3 is 2.78 bits per heavy atom. The lowest BCUT2D eigenvalue weighted by Crippen LogP contribution is -2.36. The maximum Gasteiger partial charge on any atom is 0.0638 e.